The minimum Gasteiger partial charge on any atom is -0.479 e. The van der Waals surface area contributed by atoms with Crippen LogP contribution >= 0.6 is 0 Å². The molecule has 47 valence electrons. The summed E-state index contributed by atoms with van der Waals surface area (Å²) in [6.07, 6.45) is 0.605. The number of hydrogen-bond donors (Lipinski definition) is 2. The van der Waals surface area contributed by atoms with E-state index in [2.05, 4.69) is 0 Å². The molecule has 0 amide bonds. The topological polar surface area (TPSA) is 57.5 Å². The van der Waals surface area contributed by atoms with E-state index in [0.717, 1.165) is 0 Å². The monoisotopic (exact) mass is 117 g/mol. The van der Waals surface area contributed by atoms with Gasteiger partial charge in [0.15, 0.2) is 6.10 Å². The lowest BCUT2D eigenvalue weighted by Gasteiger charge is -1.99. The Labute approximate surface area is 47.9 Å². The average molecular weight is 117 g/mol. The zero-order valence-electron chi connectivity index (χ0n) is 4.66. The van der Waals surface area contributed by atoms with Gasteiger partial charge in [0.1, 0.15) is 0 Å². The molecule has 0 aliphatic heterocycles. The summed E-state index contributed by atoms with van der Waals surface area (Å²) in [5.41, 5.74) is 0. The first kappa shape index (κ1) is 7.43. The molecule has 1 radical (unpaired) electrons. The number of aliphatic carboxylic acids is 1. The first-order valence-electron chi connectivity index (χ1n) is 2.37. The molecule has 0 heterocycles. The number of hydrogen-bond acceptors (Lipinski definition) is 2. The minimum absolute atomic E-state index is 0.218. The van der Waals surface area contributed by atoms with Crippen molar-refractivity contribution >= 4 is 5.97 Å². The molecule has 8 heavy (non-hydrogen) atoms. The number of carboxylic acids is 1. The molecule has 0 spiro atoms. The van der Waals surface area contributed by atoms with Crippen molar-refractivity contribution in [2.24, 2.45) is 0 Å². The van der Waals surface area contributed by atoms with Gasteiger partial charge in [-0.25, -0.2) is 4.79 Å². The molecule has 1 unspecified atom stereocenters. The summed E-state index contributed by atoms with van der Waals surface area (Å²) in [7, 11) is 0. The summed E-state index contributed by atoms with van der Waals surface area (Å²) >= 11 is 0. The number of carbonyl (C=O) groups is 1. The van der Waals surface area contributed by atoms with Gasteiger partial charge in [0.2, 0.25) is 0 Å². The van der Waals surface area contributed by atoms with Gasteiger partial charge in [-0.3, -0.25) is 0 Å². The minimum atomic E-state index is -1.22. The third-order valence-electron chi connectivity index (χ3n) is 0.744. The Kier molecular flexibility index (Phi) is 3.19. The molecule has 0 fully saturated rings. The first-order chi connectivity index (χ1) is 3.68. The maximum absolute atomic E-state index is 9.82. The summed E-state index contributed by atoms with van der Waals surface area (Å²) in [5, 5.41) is 16.5. The average Bonchev–Trinajstić information content (AvgIpc) is 1.67. The van der Waals surface area contributed by atoms with Gasteiger partial charge >= 0.3 is 5.97 Å². The Hall–Kier alpha value is -0.570. The van der Waals surface area contributed by atoms with Gasteiger partial charge in [-0.05, 0) is 12.8 Å². The summed E-state index contributed by atoms with van der Waals surface area (Å²) in [6.45, 7) is 1.70. The van der Waals surface area contributed by atoms with Crippen LogP contribution in [0.4, 0.5) is 0 Å². The van der Waals surface area contributed by atoms with E-state index in [-0.39, 0.29) is 6.42 Å². The molecule has 3 nitrogen and oxygen atoms in total. The van der Waals surface area contributed by atoms with Gasteiger partial charge in [0, 0.05) is 0 Å². The van der Waals surface area contributed by atoms with E-state index in [1.165, 1.54) is 0 Å². The second-order valence-electron chi connectivity index (χ2n) is 1.50. The van der Waals surface area contributed by atoms with Gasteiger partial charge in [-0.15, -0.1) is 0 Å². The molecule has 0 aromatic carbocycles. The van der Waals surface area contributed by atoms with Crippen LogP contribution in [0.15, 0.2) is 0 Å². The van der Waals surface area contributed by atoms with E-state index in [1.807, 2.05) is 0 Å². The fourth-order valence-electron chi connectivity index (χ4n) is 0.324. The Morgan fingerprint density at radius 3 is 2.50 bits per heavy atom. The van der Waals surface area contributed by atoms with Gasteiger partial charge in [0.25, 0.3) is 0 Å². The van der Waals surface area contributed by atoms with Crippen molar-refractivity contribution < 1.29 is 15.0 Å². The molecule has 0 aliphatic rings. The van der Waals surface area contributed by atoms with E-state index in [9.17, 15) is 4.79 Å². The quantitative estimate of drug-likeness (QED) is 0.549. The summed E-state index contributed by atoms with van der Waals surface area (Å²) in [4.78, 5) is 9.82. The highest BCUT2D eigenvalue weighted by Crippen LogP contribution is 1.92. The Morgan fingerprint density at radius 1 is 1.88 bits per heavy atom. The van der Waals surface area contributed by atoms with E-state index in [4.69, 9.17) is 10.2 Å². The normalized spacial score (nSPS) is 13.2. The maximum Gasteiger partial charge on any atom is 0.332 e. The molecule has 0 bridgehead atoms. The molecule has 1 atom stereocenters. The zero-order valence-corrected chi connectivity index (χ0v) is 4.66. The zero-order chi connectivity index (χ0) is 6.57. The number of carboxylic acid groups (broad SMARTS) is 1. The number of aliphatic hydroxyl groups excluding tert-OH is 1. The van der Waals surface area contributed by atoms with Crippen LogP contribution in [0.5, 0.6) is 0 Å². The second kappa shape index (κ2) is 3.43. The van der Waals surface area contributed by atoms with Crippen molar-refractivity contribution in [3.63, 3.8) is 0 Å². The highest BCUT2D eigenvalue weighted by Gasteiger charge is 2.09. The van der Waals surface area contributed by atoms with Crippen LogP contribution in [0.1, 0.15) is 13.3 Å². The molecular formula is C5H9O3. The highest BCUT2D eigenvalue weighted by molar-refractivity contribution is 5.71. The van der Waals surface area contributed by atoms with Crippen LogP contribution < -0.4 is 0 Å². The van der Waals surface area contributed by atoms with E-state index in [1.54, 1.807) is 13.3 Å². The molecule has 0 saturated carbocycles. The van der Waals surface area contributed by atoms with E-state index >= 15 is 0 Å². The fourth-order valence-corrected chi connectivity index (χ4v) is 0.324. The van der Waals surface area contributed by atoms with Gasteiger partial charge in [-0.1, -0.05) is 6.92 Å². The SMILES string of the molecule is C[CH]CC(O)C(=O)O. The van der Waals surface area contributed by atoms with Crippen molar-refractivity contribution in [2.45, 2.75) is 19.4 Å². The molecule has 0 aromatic heterocycles. The molecule has 3 heteroatoms. The van der Waals surface area contributed by atoms with Gasteiger partial charge in [-0.2, -0.15) is 0 Å². The Balaban J connectivity index is 3.32. The van der Waals surface area contributed by atoms with Gasteiger partial charge in [0.05, 0.1) is 0 Å². The third-order valence-corrected chi connectivity index (χ3v) is 0.744. The lowest BCUT2D eigenvalue weighted by Crippen LogP contribution is -2.18. The van der Waals surface area contributed by atoms with Crippen molar-refractivity contribution in [1.82, 2.24) is 0 Å². The Bertz CT molecular complexity index is 79.7. The number of rotatable bonds is 3. The van der Waals surface area contributed by atoms with Crippen LogP contribution in [0.25, 0.3) is 0 Å². The van der Waals surface area contributed by atoms with Crippen LogP contribution in [-0.2, 0) is 4.79 Å². The summed E-state index contributed by atoms with van der Waals surface area (Å²) < 4.78 is 0. The van der Waals surface area contributed by atoms with Crippen LogP contribution in [0, 0.1) is 6.42 Å². The maximum atomic E-state index is 9.82. The third kappa shape index (κ3) is 2.58. The molecule has 0 saturated heterocycles. The summed E-state index contributed by atoms with van der Waals surface area (Å²) in [6, 6.07) is 0. The van der Waals surface area contributed by atoms with Crippen molar-refractivity contribution in [2.75, 3.05) is 0 Å². The molecule has 2 N–H and O–H groups in total. The largest absolute Gasteiger partial charge is 0.479 e. The predicted octanol–water partition coefficient (Wildman–Crippen LogP) is 0.0462. The molecular weight excluding hydrogens is 108 g/mol. The second-order valence-corrected chi connectivity index (χ2v) is 1.50. The molecule has 0 rings (SSSR count). The van der Waals surface area contributed by atoms with Gasteiger partial charge < -0.3 is 10.2 Å². The van der Waals surface area contributed by atoms with Crippen LogP contribution in [-0.4, -0.2) is 22.3 Å². The van der Waals surface area contributed by atoms with Crippen molar-refractivity contribution in [1.29, 1.82) is 0 Å². The highest BCUT2D eigenvalue weighted by atomic mass is 16.4. The van der Waals surface area contributed by atoms with Crippen LogP contribution in [0.3, 0.4) is 0 Å². The lowest BCUT2D eigenvalue weighted by atomic mass is 10.2. The molecule has 0 aliphatic carbocycles. The standard InChI is InChI=1S/C5H9O3/c1-2-3-4(6)5(7)8/h2,4,6H,3H2,1H3,(H,7,8). The number of aliphatic hydroxyl groups is 1. The van der Waals surface area contributed by atoms with Crippen molar-refractivity contribution in [3.05, 3.63) is 6.42 Å². The summed E-state index contributed by atoms with van der Waals surface area (Å²) in [5.74, 6) is -1.16. The predicted molar refractivity (Wildman–Crippen MR) is 28.2 cm³/mol. The van der Waals surface area contributed by atoms with E-state index in [0.29, 0.717) is 0 Å². The van der Waals surface area contributed by atoms with E-state index < -0.39 is 12.1 Å². The molecule has 0 aromatic rings. The Morgan fingerprint density at radius 2 is 2.38 bits per heavy atom. The lowest BCUT2D eigenvalue weighted by molar-refractivity contribution is -0.146. The van der Waals surface area contributed by atoms with Crippen LogP contribution in [0.2, 0.25) is 0 Å². The van der Waals surface area contributed by atoms with Crippen molar-refractivity contribution in [3.8, 4) is 0 Å². The smallest absolute Gasteiger partial charge is 0.332 e. The first-order valence-corrected chi connectivity index (χ1v) is 2.37. The fraction of sp³-hybridized carbons (Fsp3) is 0.600.